The van der Waals surface area contributed by atoms with Crippen molar-refractivity contribution in [3.8, 4) is 6.07 Å². The zero-order chi connectivity index (χ0) is 23.2. The molecule has 0 unspecified atom stereocenters. The molecule has 0 radical (unpaired) electrons. The summed E-state index contributed by atoms with van der Waals surface area (Å²) in [6.07, 6.45) is 6.60. The molecule has 1 atom stereocenters. The molecule has 0 N–H and O–H groups in total. The Morgan fingerprint density at radius 3 is 2.15 bits per heavy atom. The van der Waals surface area contributed by atoms with Crippen LogP contribution < -0.4 is 0 Å². The minimum absolute atomic E-state index is 0.0624. The standard InChI is InChI=1S/C30H31F2N/c1-21(25-5-3-2-4-6-25)17-28-29(31)18-24(19-30(28)32)8-7-22-9-13-26(14-10-22)27-15-11-23(20-33)12-16-27/h2-6,11-12,15-16,18-19,21-22,26H,7-10,13-14,17H2,1H3/t21-,22?,26?/m1/s1. The Morgan fingerprint density at radius 1 is 0.909 bits per heavy atom. The molecule has 3 heteroatoms. The van der Waals surface area contributed by atoms with Crippen molar-refractivity contribution in [1.29, 1.82) is 5.26 Å². The van der Waals surface area contributed by atoms with Crippen LogP contribution in [0.4, 0.5) is 8.78 Å². The molecule has 4 rings (SSSR count). The maximum atomic E-state index is 14.8. The summed E-state index contributed by atoms with van der Waals surface area (Å²) in [6, 6.07) is 23.1. The van der Waals surface area contributed by atoms with E-state index in [0.717, 1.165) is 43.2 Å². The molecule has 0 bridgehead atoms. The van der Waals surface area contributed by atoms with Gasteiger partial charge in [0.2, 0.25) is 0 Å². The molecule has 0 saturated heterocycles. The van der Waals surface area contributed by atoms with E-state index in [-0.39, 0.29) is 11.5 Å². The quantitative estimate of drug-likeness (QED) is 0.362. The molecule has 3 aromatic carbocycles. The topological polar surface area (TPSA) is 23.8 Å². The lowest BCUT2D eigenvalue weighted by atomic mass is 9.77. The van der Waals surface area contributed by atoms with Crippen LogP contribution in [0.1, 0.15) is 78.7 Å². The second-order valence-corrected chi connectivity index (χ2v) is 9.54. The van der Waals surface area contributed by atoms with Crippen LogP contribution in [-0.2, 0) is 12.8 Å². The van der Waals surface area contributed by atoms with Gasteiger partial charge in [0.15, 0.2) is 0 Å². The Bertz CT molecular complexity index is 1070. The molecule has 0 heterocycles. The lowest BCUT2D eigenvalue weighted by molar-refractivity contribution is 0.310. The molecular weight excluding hydrogens is 412 g/mol. The van der Waals surface area contributed by atoms with E-state index in [1.807, 2.05) is 49.4 Å². The molecule has 0 aliphatic heterocycles. The van der Waals surface area contributed by atoms with Gasteiger partial charge in [0, 0.05) is 5.56 Å². The first-order chi connectivity index (χ1) is 16.0. The number of nitrogens with zero attached hydrogens (tertiary/aromatic N) is 1. The monoisotopic (exact) mass is 443 g/mol. The Morgan fingerprint density at radius 2 is 1.55 bits per heavy atom. The van der Waals surface area contributed by atoms with Gasteiger partial charge < -0.3 is 0 Å². The van der Waals surface area contributed by atoms with Crippen LogP contribution in [0.3, 0.4) is 0 Å². The minimum atomic E-state index is -0.419. The molecule has 0 aromatic heterocycles. The predicted octanol–water partition coefficient (Wildman–Crippen LogP) is 8.09. The normalized spacial score (nSPS) is 19.1. The lowest BCUT2D eigenvalue weighted by Crippen LogP contribution is -2.14. The van der Waals surface area contributed by atoms with E-state index in [2.05, 4.69) is 18.2 Å². The summed E-state index contributed by atoms with van der Waals surface area (Å²) in [4.78, 5) is 0. The first kappa shape index (κ1) is 23.2. The van der Waals surface area contributed by atoms with E-state index in [9.17, 15) is 8.78 Å². The van der Waals surface area contributed by atoms with Gasteiger partial charge in [-0.25, -0.2) is 8.78 Å². The number of hydrogen-bond acceptors (Lipinski definition) is 1. The molecule has 0 spiro atoms. The summed E-state index contributed by atoms with van der Waals surface area (Å²) < 4.78 is 29.6. The van der Waals surface area contributed by atoms with Crippen LogP contribution in [0, 0.1) is 28.9 Å². The fraction of sp³-hybridized carbons (Fsp3) is 0.367. The summed E-state index contributed by atoms with van der Waals surface area (Å²) in [5, 5.41) is 8.96. The van der Waals surface area contributed by atoms with Crippen molar-refractivity contribution in [2.45, 2.75) is 63.7 Å². The zero-order valence-corrected chi connectivity index (χ0v) is 19.2. The third kappa shape index (κ3) is 5.88. The average molecular weight is 444 g/mol. The van der Waals surface area contributed by atoms with E-state index < -0.39 is 11.6 Å². The van der Waals surface area contributed by atoms with Crippen molar-refractivity contribution in [2.75, 3.05) is 0 Å². The fourth-order valence-electron chi connectivity index (χ4n) is 5.19. The highest BCUT2D eigenvalue weighted by Gasteiger charge is 2.23. The Balaban J connectivity index is 1.30. The van der Waals surface area contributed by atoms with Crippen LogP contribution >= 0.6 is 0 Å². The van der Waals surface area contributed by atoms with E-state index in [4.69, 9.17) is 5.26 Å². The molecule has 170 valence electrons. The van der Waals surface area contributed by atoms with Crippen molar-refractivity contribution in [1.82, 2.24) is 0 Å². The van der Waals surface area contributed by atoms with Crippen LogP contribution in [0.2, 0.25) is 0 Å². The number of halogens is 2. The largest absolute Gasteiger partial charge is 0.207 e. The predicted molar refractivity (Wildman–Crippen MR) is 129 cm³/mol. The van der Waals surface area contributed by atoms with Crippen LogP contribution in [0.25, 0.3) is 0 Å². The van der Waals surface area contributed by atoms with Crippen molar-refractivity contribution < 1.29 is 8.78 Å². The van der Waals surface area contributed by atoms with Crippen LogP contribution in [0.15, 0.2) is 66.7 Å². The molecule has 1 aliphatic carbocycles. The van der Waals surface area contributed by atoms with Gasteiger partial charge in [-0.1, -0.05) is 49.4 Å². The lowest BCUT2D eigenvalue weighted by Gasteiger charge is -2.29. The van der Waals surface area contributed by atoms with Gasteiger partial charge in [0.05, 0.1) is 11.6 Å². The molecule has 1 nitrogen and oxygen atoms in total. The van der Waals surface area contributed by atoms with Gasteiger partial charge in [-0.15, -0.1) is 0 Å². The highest BCUT2D eigenvalue weighted by atomic mass is 19.1. The van der Waals surface area contributed by atoms with Gasteiger partial charge in [0.1, 0.15) is 11.6 Å². The summed E-state index contributed by atoms with van der Waals surface area (Å²) in [6.45, 7) is 2.01. The van der Waals surface area contributed by atoms with E-state index >= 15 is 0 Å². The molecule has 3 aromatic rings. The van der Waals surface area contributed by atoms with E-state index in [1.54, 1.807) is 12.1 Å². The fourth-order valence-corrected chi connectivity index (χ4v) is 5.19. The average Bonchev–Trinajstić information content (AvgIpc) is 2.86. The smallest absolute Gasteiger partial charge is 0.129 e. The van der Waals surface area contributed by atoms with Crippen molar-refractivity contribution in [3.05, 3.63) is 106 Å². The van der Waals surface area contributed by atoms with Gasteiger partial charge in [-0.2, -0.15) is 5.26 Å². The highest BCUT2D eigenvalue weighted by molar-refractivity contribution is 5.33. The Hall–Kier alpha value is -2.99. The van der Waals surface area contributed by atoms with Gasteiger partial charge in [-0.3, -0.25) is 0 Å². The third-order valence-electron chi connectivity index (χ3n) is 7.28. The summed E-state index contributed by atoms with van der Waals surface area (Å²) in [5.41, 5.74) is 4.06. The van der Waals surface area contributed by atoms with Gasteiger partial charge in [0.25, 0.3) is 0 Å². The van der Waals surface area contributed by atoms with Crippen molar-refractivity contribution >= 4 is 0 Å². The SMILES string of the molecule is C[C@H](Cc1c(F)cc(CCC2CCC(c3ccc(C#N)cc3)CC2)cc1F)c1ccccc1. The second-order valence-electron chi connectivity index (χ2n) is 9.54. The number of aryl methyl sites for hydroxylation is 1. The third-order valence-corrected chi connectivity index (χ3v) is 7.28. The summed E-state index contributed by atoms with van der Waals surface area (Å²) in [7, 11) is 0. The highest BCUT2D eigenvalue weighted by Crippen LogP contribution is 2.37. The number of nitriles is 1. The summed E-state index contributed by atoms with van der Waals surface area (Å²) >= 11 is 0. The second kappa shape index (κ2) is 10.8. The maximum absolute atomic E-state index is 14.8. The first-order valence-electron chi connectivity index (χ1n) is 12.0. The molecule has 33 heavy (non-hydrogen) atoms. The summed E-state index contributed by atoms with van der Waals surface area (Å²) in [5.74, 6) is 0.375. The van der Waals surface area contributed by atoms with Crippen LogP contribution in [0.5, 0.6) is 0 Å². The van der Waals surface area contributed by atoms with Crippen molar-refractivity contribution in [2.24, 2.45) is 5.92 Å². The van der Waals surface area contributed by atoms with Gasteiger partial charge in [-0.05, 0) is 104 Å². The molecular formula is C30H31F2N. The van der Waals surface area contributed by atoms with E-state index in [0.29, 0.717) is 30.2 Å². The maximum Gasteiger partial charge on any atom is 0.129 e. The number of hydrogen-bond donors (Lipinski definition) is 0. The molecule has 1 aliphatic rings. The zero-order valence-electron chi connectivity index (χ0n) is 19.2. The van der Waals surface area contributed by atoms with Crippen molar-refractivity contribution in [3.63, 3.8) is 0 Å². The molecule has 1 saturated carbocycles. The number of benzene rings is 3. The first-order valence-corrected chi connectivity index (χ1v) is 12.0. The molecule has 0 amide bonds. The minimum Gasteiger partial charge on any atom is -0.207 e. The van der Waals surface area contributed by atoms with Gasteiger partial charge >= 0.3 is 0 Å². The van der Waals surface area contributed by atoms with E-state index in [1.165, 1.54) is 5.56 Å². The molecule has 1 fully saturated rings. The Labute approximate surface area is 196 Å². The number of rotatable bonds is 7. The Kier molecular flexibility index (Phi) is 7.55. The van der Waals surface area contributed by atoms with Crippen LogP contribution in [-0.4, -0.2) is 0 Å².